The predicted octanol–water partition coefficient (Wildman–Crippen LogP) is 2.61. The fourth-order valence-electron chi connectivity index (χ4n) is 2.13. The van der Waals surface area contributed by atoms with Crippen LogP contribution < -0.4 is 10.1 Å². The first-order valence-electron chi connectivity index (χ1n) is 6.80. The molecule has 0 bridgehead atoms. The van der Waals surface area contributed by atoms with E-state index in [0.717, 1.165) is 25.1 Å². The van der Waals surface area contributed by atoms with Gasteiger partial charge < -0.3 is 14.8 Å². The number of hydrogen-bond acceptors (Lipinski definition) is 3. The largest absolute Gasteiger partial charge is 0.491 e. The van der Waals surface area contributed by atoms with E-state index in [-0.39, 0.29) is 6.10 Å². The fourth-order valence-corrected chi connectivity index (χ4v) is 2.13. The van der Waals surface area contributed by atoms with Crippen LogP contribution in [-0.2, 0) is 4.74 Å². The molecule has 1 heterocycles. The summed E-state index contributed by atoms with van der Waals surface area (Å²) in [4.78, 5) is 0. The topological polar surface area (TPSA) is 30.5 Å². The molecular formula is C15H23NO2. The van der Waals surface area contributed by atoms with Gasteiger partial charge >= 0.3 is 0 Å². The molecule has 3 heteroatoms. The Hall–Kier alpha value is -1.06. The molecule has 3 nitrogen and oxygen atoms in total. The van der Waals surface area contributed by atoms with Crippen molar-refractivity contribution in [2.45, 2.75) is 44.9 Å². The number of para-hydroxylation sites is 1. The van der Waals surface area contributed by atoms with Crippen molar-refractivity contribution < 1.29 is 9.47 Å². The van der Waals surface area contributed by atoms with E-state index in [4.69, 9.17) is 9.47 Å². The Morgan fingerprint density at radius 1 is 1.22 bits per heavy atom. The summed E-state index contributed by atoms with van der Waals surface area (Å²) in [6.07, 6.45) is 2.81. The molecule has 18 heavy (non-hydrogen) atoms. The Balaban J connectivity index is 1.67. The maximum atomic E-state index is 5.95. The van der Waals surface area contributed by atoms with Gasteiger partial charge in [0.05, 0.1) is 12.2 Å². The van der Waals surface area contributed by atoms with Crippen molar-refractivity contribution in [3.63, 3.8) is 0 Å². The molecule has 1 aromatic rings. The predicted molar refractivity (Wildman–Crippen MR) is 73.0 cm³/mol. The first-order chi connectivity index (χ1) is 8.74. The molecule has 1 N–H and O–H groups in total. The first kappa shape index (κ1) is 13.4. The van der Waals surface area contributed by atoms with Crippen molar-refractivity contribution >= 4 is 0 Å². The number of ether oxygens (including phenoxy) is 2. The summed E-state index contributed by atoms with van der Waals surface area (Å²) >= 11 is 0. The molecule has 0 aromatic heterocycles. The van der Waals surface area contributed by atoms with Crippen LogP contribution in [0.2, 0.25) is 0 Å². The van der Waals surface area contributed by atoms with Crippen LogP contribution in [0.15, 0.2) is 30.3 Å². The van der Waals surface area contributed by atoms with Crippen molar-refractivity contribution in [3.8, 4) is 5.75 Å². The lowest BCUT2D eigenvalue weighted by Gasteiger charge is -2.16. The van der Waals surface area contributed by atoms with Gasteiger partial charge in [-0.3, -0.25) is 0 Å². The van der Waals surface area contributed by atoms with Crippen LogP contribution in [0.4, 0.5) is 0 Å². The summed E-state index contributed by atoms with van der Waals surface area (Å²) in [5.41, 5.74) is 0. The summed E-state index contributed by atoms with van der Waals surface area (Å²) in [5, 5.41) is 3.42. The van der Waals surface area contributed by atoms with Gasteiger partial charge in [-0.15, -0.1) is 0 Å². The monoisotopic (exact) mass is 249 g/mol. The molecule has 0 spiro atoms. The van der Waals surface area contributed by atoms with Gasteiger partial charge in [0.1, 0.15) is 12.4 Å². The van der Waals surface area contributed by atoms with Crippen molar-refractivity contribution in [3.05, 3.63) is 30.3 Å². The SMILES string of the molecule is CC(C)NCC1CCC(COc2ccccc2)O1. The molecule has 1 aliphatic rings. The molecule has 1 aliphatic heterocycles. The lowest BCUT2D eigenvalue weighted by Crippen LogP contribution is -2.32. The van der Waals surface area contributed by atoms with Gasteiger partial charge in [-0.05, 0) is 25.0 Å². The van der Waals surface area contributed by atoms with E-state index in [0.29, 0.717) is 18.8 Å². The second-order valence-corrected chi connectivity index (χ2v) is 5.14. The number of hydrogen-bond donors (Lipinski definition) is 1. The third-order valence-corrected chi connectivity index (χ3v) is 3.13. The highest BCUT2D eigenvalue weighted by Gasteiger charge is 2.25. The molecule has 2 rings (SSSR count). The van der Waals surface area contributed by atoms with Gasteiger partial charge in [0.15, 0.2) is 0 Å². The maximum absolute atomic E-state index is 5.95. The van der Waals surface area contributed by atoms with Gasteiger partial charge in [-0.25, -0.2) is 0 Å². The van der Waals surface area contributed by atoms with E-state index >= 15 is 0 Å². The fraction of sp³-hybridized carbons (Fsp3) is 0.600. The van der Waals surface area contributed by atoms with Gasteiger partial charge in [0.25, 0.3) is 0 Å². The highest BCUT2D eigenvalue weighted by Crippen LogP contribution is 2.20. The molecule has 1 saturated heterocycles. The third-order valence-electron chi connectivity index (χ3n) is 3.13. The molecule has 1 fully saturated rings. The quantitative estimate of drug-likeness (QED) is 0.840. The van der Waals surface area contributed by atoms with Crippen LogP contribution in [0.5, 0.6) is 5.75 Å². The van der Waals surface area contributed by atoms with Gasteiger partial charge in [0, 0.05) is 12.6 Å². The zero-order valence-electron chi connectivity index (χ0n) is 11.3. The van der Waals surface area contributed by atoms with E-state index in [9.17, 15) is 0 Å². The minimum Gasteiger partial charge on any atom is -0.491 e. The Kier molecular flexibility index (Phi) is 5.02. The van der Waals surface area contributed by atoms with E-state index in [1.165, 1.54) is 0 Å². The smallest absolute Gasteiger partial charge is 0.119 e. The number of rotatable bonds is 6. The summed E-state index contributed by atoms with van der Waals surface area (Å²) in [6, 6.07) is 10.4. The van der Waals surface area contributed by atoms with Gasteiger partial charge in [-0.2, -0.15) is 0 Å². The average Bonchev–Trinajstić information content (AvgIpc) is 2.83. The Morgan fingerprint density at radius 3 is 2.67 bits per heavy atom. The molecule has 0 radical (unpaired) electrons. The van der Waals surface area contributed by atoms with Crippen LogP contribution >= 0.6 is 0 Å². The standard InChI is InChI=1S/C15H23NO2/c1-12(2)16-10-14-8-9-15(18-14)11-17-13-6-4-3-5-7-13/h3-7,12,14-16H,8-11H2,1-2H3. The lowest BCUT2D eigenvalue weighted by atomic mass is 10.2. The molecule has 0 saturated carbocycles. The zero-order valence-corrected chi connectivity index (χ0v) is 11.3. The number of nitrogens with one attached hydrogen (secondary N) is 1. The summed E-state index contributed by atoms with van der Waals surface area (Å²) in [5.74, 6) is 0.921. The molecular weight excluding hydrogens is 226 g/mol. The first-order valence-corrected chi connectivity index (χ1v) is 6.80. The minimum absolute atomic E-state index is 0.240. The van der Waals surface area contributed by atoms with Crippen LogP contribution in [-0.4, -0.2) is 31.4 Å². The normalized spacial score (nSPS) is 23.5. The average molecular weight is 249 g/mol. The van der Waals surface area contributed by atoms with Crippen LogP contribution in [0.25, 0.3) is 0 Å². The highest BCUT2D eigenvalue weighted by atomic mass is 16.5. The van der Waals surface area contributed by atoms with E-state index in [2.05, 4.69) is 19.2 Å². The summed E-state index contributed by atoms with van der Waals surface area (Å²) in [7, 11) is 0. The minimum atomic E-state index is 0.240. The summed E-state index contributed by atoms with van der Waals surface area (Å²) < 4.78 is 11.7. The second-order valence-electron chi connectivity index (χ2n) is 5.14. The van der Waals surface area contributed by atoms with Gasteiger partial charge in [-0.1, -0.05) is 32.0 Å². The third kappa shape index (κ3) is 4.31. The van der Waals surface area contributed by atoms with Crippen molar-refractivity contribution in [1.29, 1.82) is 0 Å². The Labute approximate surface area is 109 Å². The maximum Gasteiger partial charge on any atom is 0.119 e. The molecule has 1 aromatic carbocycles. The van der Waals surface area contributed by atoms with Crippen molar-refractivity contribution in [2.75, 3.05) is 13.2 Å². The van der Waals surface area contributed by atoms with E-state index < -0.39 is 0 Å². The Morgan fingerprint density at radius 2 is 1.94 bits per heavy atom. The second kappa shape index (κ2) is 6.76. The summed E-state index contributed by atoms with van der Waals surface area (Å²) in [6.45, 7) is 5.91. The van der Waals surface area contributed by atoms with Crippen LogP contribution in [0.3, 0.4) is 0 Å². The molecule has 2 atom stereocenters. The molecule has 100 valence electrons. The molecule has 2 unspecified atom stereocenters. The van der Waals surface area contributed by atoms with E-state index in [1.54, 1.807) is 0 Å². The zero-order chi connectivity index (χ0) is 12.8. The van der Waals surface area contributed by atoms with Crippen LogP contribution in [0, 0.1) is 0 Å². The number of benzene rings is 1. The molecule has 0 amide bonds. The Bertz CT molecular complexity index is 340. The highest BCUT2D eigenvalue weighted by molar-refractivity contribution is 5.20. The van der Waals surface area contributed by atoms with Crippen LogP contribution in [0.1, 0.15) is 26.7 Å². The van der Waals surface area contributed by atoms with Crippen molar-refractivity contribution in [1.82, 2.24) is 5.32 Å². The molecule has 0 aliphatic carbocycles. The van der Waals surface area contributed by atoms with E-state index in [1.807, 2.05) is 30.3 Å². The lowest BCUT2D eigenvalue weighted by molar-refractivity contribution is 0.0178. The van der Waals surface area contributed by atoms with Gasteiger partial charge in [0.2, 0.25) is 0 Å². The van der Waals surface area contributed by atoms with Crippen molar-refractivity contribution in [2.24, 2.45) is 0 Å².